The number of hydrogen-bond donors (Lipinski definition) is 4. The summed E-state index contributed by atoms with van der Waals surface area (Å²) in [4.78, 5) is 62.4. The first-order valence-corrected chi connectivity index (χ1v) is 16.8. The topological polar surface area (TPSA) is 165 Å². The third-order valence-electron chi connectivity index (χ3n) is 8.52. The van der Waals surface area contributed by atoms with Crippen LogP contribution in [-0.4, -0.2) is 60.1 Å². The number of piperidine rings is 1. The number of anilines is 1. The minimum Gasteiger partial charge on any atom is -0.600 e. The number of unbranched alkanes of at least 4 members (excludes halogenated alkanes) is 1. The molecule has 1 aromatic rings. The van der Waals surface area contributed by atoms with E-state index in [-0.39, 0.29) is 87.6 Å². The normalized spacial score (nSPS) is 14.3. The van der Waals surface area contributed by atoms with Crippen LogP contribution in [0.3, 0.4) is 0 Å². The van der Waals surface area contributed by atoms with Crippen LogP contribution in [0.1, 0.15) is 120 Å². The van der Waals surface area contributed by atoms with E-state index < -0.39 is 16.4 Å². The molecular weight excluding hydrogens is 685 g/mol. The number of nitrogens with one attached hydrogen (secondary N) is 3. The molecule has 11 nitrogen and oxygen atoms in total. The van der Waals surface area contributed by atoms with Crippen molar-refractivity contribution in [3.8, 4) is 0 Å². The Morgan fingerprint density at radius 2 is 1.46 bits per heavy atom. The smallest absolute Gasteiger partial charge is 0.239 e. The molecule has 0 saturated carbocycles. The Hall–Kier alpha value is -2.21. The zero-order valence-corrected chi connectivity index (χ0v) is 34.4. The van der Waals surface area contributed by atoms with Crippen molar-refractivity contribution in [2.75, 3.05) is 25.0 Å². The van der Waals surface area contributed by atoms with Gasteiger partial charge in [-0.25, -0.2) is 0 Å². The van der Waals surface area contributed by atoms with Crippen LogP contribution >= 0.6 is 0 Å². The van der Waals surface area contributed by atoms with Gasteiger partial charge in [0.25, 0.3) is 0 Å². The van der Waals surface area contributed by atoms with Crippen LogP contribution in [0, 0.1) is 16.2 Å². The number of carbonyl (C=O) groups is 5. The Morgan fingerprint density at radius 1 is 0.938 bits per heavy atom. The van der Waals surface area contributed by atoms with Crippen molar-refractivity contribution in [3.05, 3.63) is 35.3 Å². The van der Waals surface area contributed by atoms with Crippen molar-refractivity contribution >= 4 is 35.7 Å². The Morgan fingerprint density at radius 3 is 1.90 bits per heavy atom. The first kappa shape index (κ1) is 47.9. The molecule has 2 rings (SSSR count). The third-order valence-corrected chi connectivity index (χ3v) is 8.52. The molecule has 0 aromatic heterocycles. The molecule has 1 heterocycles. The minimum atomic E-state index is -0.891. The number of nitrogens with two attached hydrogens (primary N) is 1. The van der Waals surface area contributed by atoms with Crippen molar-refractivity contribution in [2.24, 2.45) is 22.1 Å². The van der Waals surface area contributed by atoms with Gasteiger partial charge in [-0.2, -0.15) is 0 Å². The molecule has 1 aromatic carbocycles. The average Bonchev–Trinajstić information content (AvgIpc) is 2.95. The van der Waals surface area contributed by atoms with Crippen LogP contribution in [-0.2, 0) is 63.1 Å². The molecule has 1 aliphatic rings. The number of imide groups is 1. The number of benzene rings is 1. The van der Waals surface area contributed by atoms with E-state index in [0.29, 0.717) is 19.5 Å². The van der Waals surface area contributed by atoms with Gasteiger partial charge in [-0.15, -0.1) is 6.54 Å². The molecule has 12 heteroatoms. The van der Waals surface area contributed by atoms with Gasteiger partial charge in [0.15, 0.2) is 0 Å². The van der Waals surface area contributed by atoms with Crippen molar-refractivity contribution in [1.82, 2.24) is 15.5 Å². The van der Waals surface area contributed by atoms with E-state index >= 15 is 0 Å². The molecule has 1 aliphatic heterocycles. The molecule has 1 radical (unpaired) electrons. The fourth-order valence-electron chi connectivity index (χ4n) is 5.40. The van der Waals surface area contributed by atoms with E-state index in [4.69, 9.17) is 5.84 Å². The summed E-state index contributed by atoms with van der Waals surface area (Å²) in [6, 6.07) is 7.80. The van der Waals surface area contributed by atoms with Gasteiger partial charge < -0.3 is 27.2 Å². The second-order valence-corrected chi connectivity index (χ2v) is 14.8. The first-order valence-electron chi connectivity index (χ1n) is 16.8. The Labute approximate surface area is 315 Å². The van der Waals surface area contributed by atoms with Crippen molar-refractivity contribution in [2.45, 2.75) is 127 Å². The van der Waals surface area contributed by atoms with Gasteiger partial charge in [0.05, 0.1) is 6.54 Å². The molecule has 5 amide bonds. The third kappa shape index (κ3) is 16.5. The predicted octanol–water partition coefficient (Wildman–Crippen LogP) is 5.87. The Bertz CT molecular complexity index is 1130. The van der Waals surface area contributed by atoms with Gasteiger partial charge in [-0.05, 0) is 61.6 Å². The fourth-order valence-corrected chi connectivity index (χ4v) is 5.40. The molecule has 271 valence electrons. The van der Waals surface area contributed by atoms with Crippen molar-refractivity contribution < 1.29 is 56.7 Å². The number of aryl methyl sites for hydroxylation is 1. The number of nitrogens with zero attached hydrogens (tertiary/aromatic N) is 2. The van der Waals surface area contributed by atoms with E-state index in [1.165, 1.54) is 16.9 Å². The van der Waals surface area contributed by atoms with Gasteiger partial charge in [-0.3, -0.25) is 28.9 Å². The molecule has 0 unspecified atom stereocenters. The van der Waals surface area contributed by atoms with E-state index in [1.807, 2.05) is 65.8 Å². The van der Waals surface area contributed by atoms with Crippen LogP contribution in [0.4, 0.5) is 5.69 Å². The Balaban J connectivity index is 0. The summed E-state index contributed by atoms with van der Waals surface area (Å²) < 4.78 is 0. The molecule has 0 aliphatic carbocycles. The first-order chi connectivity index (χ1) is 21.7. The SMILES string of the molecule is CC(C)(CC(C)(C)N1C(=O)CC(C)(C(C)(C)C)CC1=O)C(=O)NCC(=O)NCCCC[N-]N.CCC.CCc1ccc(NC=O)cc1.[Y]. The van der Waals surface area contributed by atoms with Crippen LogP contribution in [0.15, 0.2) is 24.3 Å². The Kier molecular flexibility index (Phi) is 22.5. The summed E-state index contributed by atoms with van der Waals surface area (Å²) in [5.74, 6) is 4.10. The van der Waals surface area contributed by atoms with E-state index in [2.05, 4.69) is 42.1 Å². The zero-order chi connectivity index (χ0) is 36.5. The summed E-state index contributed by atoms with van der Waals surface area (Å²) >= 11 is 0. The predicted molar refractivity (Wildman–Crippen MR) is 190 cm³/mol. The number of carbonyl (C=O) groups excluding carboxylic acids is 5. The summed E-state index contributed by atoms with van der Waals surface area (Å²) in [6.45, 7) is 22.6. The summed E-state index contributed by atoms with van der Waals surface area (Å²) in [5.41, 5.74) is 3.31. The van der Waals surface area contributed by atoms with Gasteiger partial charge in [0.1, 0.15) is 0 Å². The number of rotatable bonds is 14. The molecule has 5 N–H and O–H groups in total. The molecule has 0 bridgehead atoms. The molecule has 1 fully saturated rings. The zero-order valence-electron chi connectivity index (χ0n) is 31.5. The monoisotopic (exact) mass is 748 g/mol. The second kappa shape index (κ2) is 22.5. The molecule has 0 atom stereocenters. The van der Waals surface area contributed by atoms with Gasteiger partial charge in [0, 0.05) is 68.7 Å². The fraction of sp³-hybridized carbons (Fsp3) is 0.694. The summed E-state index contributed by atoms with van der Waals surface area (Å²) in [7, 11) is 0. The summed E-state index contributed by atoms with van der Waals surface area (Å²) in [6.07, 6.45) is 5.36. The summed E-state index contributed by atoms with van der Waals surface area (Å²) in [5, 5.41) is 8.00. The van der Waals surface area contributed by atoms with E-state index in [1.54, 1.807) is 13.8 Å². The van der Waals surface area contributed by atoms with Crippen LogP contribution in [0.2, 0.25) is 0 Å². The van der Waals surface area contributed by atoms with Gasteiger partial charge in [0.2, 0.25) is 30.0 Å². The molecule has 0 spiro atoms. The largest absolute Gasteiger partial charge is 0.600 e. The molecule has 1 saturated heterocycles. The average molecular weight is 749 g/mol. The maximum Gasteiger partial charge on any atom is 0.239 e. The molecule has 48 heavy (non-hydrogen) atoms. The van der Waals surface area contributed by atoms with E-state index in [9.17, 15) is 24.0 Å². The number of hydrogen-bond acceptors (Lipinski definition) is 6. The maximum absolute atomic E-state index is 13.1. The van der Waals surface area contributed by atoms with Crippen molar-refractivity contribution in [3.63, 3.8) is 0 Å². The van der Waals surface area contributed by atoms with Crippen LogP contribution in [0.25, 0.3) is 5.43 Å². The second-order valence-electron chi connectivity index (χ2n) is 14.8. The van der Waals surface area contributed by atoms with Gasteiger partial charge >= 0.3 is 0 Å². The van der Waals surface area contributed by atoms with Gasteiger partial charge in [-0.1, -0.05) is 87.3 Å². The van der Waals surface area contributed by atoms with E-state index in [0.717, 1.165) is 24.9 Å². The standard InChI is InChI=1S/C24H44N5O4.C9H11NO.C3H8.Y/c1-21(2,3)24(8)13-18(31)29(19(32)14-24)23(6,7)16-22(4,5)20(33)27-15-17(30)26-11-9-10-12-28-25;1-2-8-3-5-9(6-4-8)10-7-11;1-3-2;/h9-16,25H2,1-8H3,(H,26,30)(H,27,33);3-7H,2H2,1H3,(H,10,11);3H2,1-2H3;/q-1;;;. The maximum atomic E-state index is 13.1. The number of amides is 5. The van der Waals surface area contributed by atoms with Crippen LogP contribution < -0.4 is 21.8 Å². The number of likely N-dealkylation sites (tertiary alicyclic amines) is 1. The van der Waals surface area contributed by atoms with Crippen LogP contribution in [0.5, 0.6) is 0 Å². The molecular formula is C36H63N6O5Y-. The minimum absolute atomic E-state index is 0. The quantitative estimate of drug-likeness (QED) is 0.0611. The van der Waals surface area contributed by atoms with Crippen molar-refractivity contribution in [1.29, 1.82) is 0 Å².